The van der Waals surface area contributed by atoms with Crippen LogP contribution in [0.2, 0.25) is 0 Å². The van der Waals surface area contributed by atoms with E-state index < -0.39 is 19.6 Å². The Hall–Kier alpha value is -0.490. The molecule has 0 heterocycles. The highest BCUT2D eigenvalue weighted by Gasteiger charge is 2.44. The lowest BCUT2D eigenvalue weighted by Crippen LogP contribution is -2.32. The lowest BCUT2D eigenvalue weighted by Gasteiger charge is -2.24. The Morgan fingerprint density at radius 1 is 1.44 bits per heavy atom. The van der Waals surface area contributed by atoms with Crippen LogP contribution in [-0.4, -0.2) is 23.4 Å². The normalized spacial score (nSPS) is 14.8. The number of benzene rings is 1. The molecule has 0 amide bonds. The molecule has 0 saturated heterocycles. The molecule has 0 saturated carbocycles. The van der Waals surface area contributed by atoms with Crippen molar-refractivity contribution in [2.24, 2.45) is 0 Å². The van der Waals surface area contributed by atoms with Crippen molar-refractivity contribution in [2.75, 3.05) is 12.0 Å². The zero-order valence-electron chi connectivity index (χ0n) is 8.39. The standard InChI is InChI=1S/C9H11Cl2NO3S/c1-16(14,15)9(10,11)8(13)6-3-2-4-7(12)5-6/h2-5,8,13H,12H2,1H3. The second-order valence-electron chi connectivity index (χ2n) is 3.41. The van der Waals surface area contributed by atoms with Crippen LogP contribution in [-0.2, 0) is 9.84 Å². The molecular formula is C9H11Cl2NO3S. The summed E-state index contributed by atoms with van der Waals surface area (Å²) >= 11 is 11.3. The molecule has 0 aliphatic rings. The SMILES string of the molecule is CS(=O)(=O)C(Cl)(Cl)C(O)c1cccc(N)c1. The number of nitrogens with two attached hydrogens (primary N) is 1. The lowest BCUT2D eigenvalue weighted by molar-refractivity contribution is 0.181. The van der Waals surface area contributed by atoms with Crippen LogP contribution < -0.4 is 5.73 Å². The monoisotopic (exact) mass is 283 g/mol. The predicted molar refractivity (Wildman–Crippen MR) is 65.1 cm³/mol. The van der Waals surface area contributed by atoms with Gasteiger partial charge in [-0.15, -0.1) is 0 Å². The largest absolute Gasteiger partial charge is 0.399 e. The zero-order chi connectivity index (χ0) is 12.6. The third kappa shape index (κ3) is 2.60. The molecule has 1 aromatic carbocycles. The number of alkyl halides is 2. The highest BCUT2D eigenvalue weighted by molar-refractivity contribution is 7.94. The molecule has 0 aliphatic carbocycles. The number of aliphatic hydroxyl groups is 1. The highest BCUT2D eigenvalue weighted by Crippen LogP contribution is 2.40. The smallest absolute Gasteiger partial charge is 0.247 e. The van der Waals surface area contributed by atoms with E-state index >= 15 is 0 Å². The number of halogens is 2. The van der Waals surface area contributed by atoms with Gasteiger partial charge in [0.25, 0.3) is 0 Å². The Balaban J connectivity index is 3.17. The minimum atomic E-state index is -3.82. The Morgan fingerprint density at radius 2 is 2.00 bits per heavy atom. The molecule has 0 spiro atoms. The van der Waals surface area contributed by atoms with Gasteiger partial charge in [-0.3, -0.25) is 0 Å². The second kappa shape index (κ2) is 4.41. The van der Waals surface area contributed by atoms with Crippen molar-refractivity contribution in [1.82, 2.24) is 0 Å². The Morgan fingerprint density at radius 3 is 2.44 bits per heavy atom. The minimum Gasteiger partial charge on any atom is -0.399 e. The van der Waals surface area contributed by atoms with Crippen molar-refractivity contribution in [3.05, 3.63) is 29.8 Å². The number of hydrogen-bond acceptors (Lipinski definition) is 4. The van der Waals surface area contributed by atoms with Crippen molar-refractivity contribution >= 4 is 38.7 Å². The summed E-state index contributed by atoms with van der Waals surface area (Å²) in [7, 11) is -3.82. The van der Waals surface area contributed by atoms with E-state index in [0.717, 1.165) is 6.26 Å². The van der Waals surface area contributed by atoms with E-state index in [-0.39, 0.29) is 5.56 Å². The summed E-state index contributed by atoms with van der Waals surface area (Å²) in [4.78, 5) is 0. The molecular weight excluding hydrogens is 273 g/mol. The fourth-order valence-corrected chi connectivity index (χ4v) is 1.92. The molecule has 0 fully saturated rings. The van der Waals surface area contributed by atoms with Gasteiger partial charge in [0.05, 0.1) is 0 Å². The first-order valence-corrected chi connectivity index (χ1v) is 6.92. The molecule has 0 aromatic heterocycles. The van der Waals surface area contributed by atoms with Crippen LogP contribution in [0.4, 0.5) is 5.69 Å². The van der Waals surface area contributed by atoms with Crippen LogP contribution in [0.25, 0.3) is 0 Å². The molecule has 16 heavy (non-hydrogen) atoms. The maximum absolute atomic E-state index is 11.3. The minimum absolute atomic E-state index is 0.246. The molecule has 0 radical (unpaired) electrons. The number of sulfone groups is 1. The molecule has 90 valence electrons. The third-order valence-corrected chi connectivity index (χ3v) is 5.35. The van der Waals surface area contributed by atoms with Gasteiger partial charge in [0, 0.05) is 11.9 Å². The molecule has 1 rings (SSSR count). The average Bonchev–Trinajstić information content (AvgIpc) is 2.14. The maximum Gasteiger partial charge on any atom is 0.247 e. The lowest BCUT2D eigenvalue weighted by atomic mass is 10.1. The van der Waals surface area contributed by atoms with Gasteiger partial charge in [-0.05, 0) is 17.7 Å². The summed E-state index contributed by atoms with van der Waals surface area (Å²) in [5, 5.41) is 9.81. The zero-order valence-corrected chi connectivity index (χ0v) is 10.7. The molecule has 1 unspecified atom stereocenters. The molecule has 0 bridgehead atoms. The van der Waals surface area contributed by atoms with Gasteiger partial charge in [0.1, 0.15) is 6.10 Å². The molecule has 3 N–H and O–H groups in total. The first-order valence-electron chi connectivity index (χ1n) is 4.27. The van der Waals surface area contributed by atoms with E-state index in [4.69, 9.17) is 28.9 Å². The van der Waals surface area contributed by atoms with E-state index in [1.54, 1.807) is 12.1 Å². The number of aliphatic hydroxyl groups excluding tert-OH is 1. The molecule has 4 nitrogen and oxygen atoms in total. The van der Waals surface area contributed by atoms with Crippen molar-refractivity contribution in [3.63, 3.8) is 0 Å². The van der Waals surface area contributed by atoms with E-state index in [0.29, 0.717) is 5.69 Å². The first kappa shape index (κ1) is 13.6. The number of rotatable bonds is 3. The third-order valence-electron chi connectivity index (χ3n) is 2.04. The van der Waals surface area contributed by atoms with Crippen LogP contribution in [0, 0.1) is 0 Å². The van der Waals surface area contributed by atoms with Crippen molar-refractivity contribution < 1.29 is 13.5 Å². The van der Waals surface area contributed by atoms with Crippen LogP contribution in [0.5, 0.6) is 0 Å². The first-order chi connectivity index (χ1) is 7.16. The van der Waals surface area contributed by atoms with Crippen LogP contribution >= 0.6 is 23.2 Å². The average molecular weight is 284 g/mol. The van der Waals surface area contributed by atoms with Crippen LogP contribution in [0.1, 0.15) is 11.7 Å². The summed E-state index contributed by atoms with van der Waals surface area (Å²) < 4.78 is 20.3. The van der Waals surface area contributed by atoms with Gasteiger partial charge in [-0.2, -0.15) is 0 Å². The van der Waals surface area contributed by atoms with Gasteiger partial charge in [0.2, 0.25) is 3.67 Å². The summed E-state index contributed by atoms with van der Waals surface area (Å²) in [6.45, 7) is 0. The van der Waals surface area contributed by atoms with Crippen LogP contribution in [0.15, 0.2) is 24.3 Å². The number of anilines is 1. The summed E-state index contributed by atoms with van der Waals surface area (Å²) in [6, 6.07) is 6.07. The van der Waals surface area contributed by atoms with E-state index in [1.165, 1.54) is 12.1 Å². The van der Waals surface area contributed by atoms with E-state index in [9.17, 15) is 13.5 Å². The van der Waals surface area contributed by atoms with Crippen molar-refractivity contribution in [3.8, 4) is 0 Å². The van der Waals surface area contributed by atoms with Crippen LogP contribution in [0.3, 0.4) is 0 Å². The second-order valence-corrected chi connectivity index (χ2v) is 7.43. The van der Waals surface area contributed by atoms with Gasteiger partial charge >= 0.3 is 0 Å². The van der Waals surface area contributed by atoms with Gasteiger partial charge < -0.3 is 10.8 Å². The quantitative estimate of drug-likeness (QED) is 0.650. The van der Waals surface area contributed by atoms with Gasteiger partial charge in [-0.1, -0.05) is 35.3 Å². The molecule has 1 atom stereocenters. The Bertz CT molecular complexity index is 487. The molecule has 0 aliphatic heterocycles. The topological polar surface area (TPSA) is 80.4 Å². The van der Waals surface area contributed by atoms with Crippen molar-refractivity contribution in [1.29, 1.82) is 0 Å². The maximum atomic E-state index is 11.3. The molecule has 1 aromatic rings. The summed E-state index contributed by atoms with van der Waals surface area (Å²) in [5.74, 6) is 0. The van der Waals surface area contributed by atoms with Crippen molar-refractivity contribution in [2.45, 2.75) is 9.77 Å². The van der Waals surface area contributed by atoms with Gasteiger partial charge in [0.15, 0.2) is 9.84 Å². The predicted octanol–water partition coefficient (Wildman–Crippen LogP) is 1.48. The fourth-order valence-electron chi connectivity index (χ4n) is 1.13. The van der Waals surface area contributed by atoms with E-state index in [2.05, 4.69) is 0 Å². The number of nitrogen functional groups attached to an aromatic ring is 1. The Kier molecular flexibility index (Phi) is 3.74. The van der Waals surface area contributed by atoms with Gasteiger partial charge in [-0.25, -0.2) is 8.42 Å². The fraction of sp³-hybridized carbons (Fsp3) is 0.333. The van der Waals surface area contributed by atoms with E-state index in [1.807, 2.05) is 0 Å². The summed E-state index contributed by atoms with van der Waals surface area (Å²) in [5.41, 5.74) is 6.13. The highest BCUT2D eigenvalue weighted by atomic mass is 35.5. The summed E-state index contributed by atoms with van der Waals surface area (Å²) in [6.07, 6.45) is -0.711. The molecule has 7 heteroatoms. The Labute approximate surface area is 104 Å². The number of hydrogen-bond donors (Lipinski definition) is 2.